The van der Waals surface area contributed by atoms with Crippen molar-refractivity contribution in [1.29, 1.82) is 0 Å². The molecule has 0 spiro atoms. The van der Waals surface area contributed by atoms with Gasteiger partial charge in [-0.1, -0.05) is 42.1 Å². The average Bonchev–Trinajstić information content (AvgIpc) is 3.21. The molecule has 0 unspecified atom stereocenters. The van der Waals surface area contributed by atoms with Crippen LogP contribution in [0, 0.1) is 5.82 Å². The highest BCUT2D eigenvalue weighted by molar-refractivity contribution is 7.99. The molecule has 174 valence electrons. The van der Waals surface area contributed by atoms with Gasteiger partial charge in [0, 0.05) is 59.3 Å². The van der Waals surface area contributed by atoms with Crippen LogP contribution in [0.5, 0.6) is 5.75 Å². The second-order valence-electron chi connectivity index (χ2n) is 8.28. The lowest BCUT2D eigenvalue weighted by Crippen LogP contribution is -2.49. The molecule has 7 heteroatoms. The summed E-state index contributed by atoms with van der Waals surface area (Å²) in [6.07, 6.45) is 0.306. The van der Waals surface area contributed by atoms with Gasteiger partial charge in [0.15, 0.2) is 0 Å². The molecule has 1 N–H and O–H groups in total. The lowest BCUT2D eigenvalue weighted by atomic mass is 10.1. The zero-order valence-electron chi connectivity index (χ0n) is 19.0. The number of benzene rings is 3. The number of methoxy groups -OCH3 is 1. The van der Waals surface area contributed by atoms with Gasteiger partial charge in [-0.05, 0) is 36.4 Å². The number of halogens is 1. The van der Waals surface area contributed by atoms with Crippen LogP contribution in [0.4, 0.5) is 10.1 Å². The lowest BCUT2D eigenvalue weighted by Gasteiger charge is -2.36. The normalized spacial score (nSPS) is 13.9. The Morgan fingerprint density at radius 1 is 1.00 bits per heavy atom. The van der Waals surface area contributed by atoms with Crippen LogP contribution in [0.3, 0.4) is 0 Å². The number of H-pyrrole nitrogens is 1. The van der Waals surface area contributed by atoms with Crippen molar-refractivity contribution in [2.75, 3.05) is 38.2 Å². The van der Waals surface area contributed by atoms with Crippen LogP contribution in [-0.4, -0.2) is 49.1 Å². The van der Waals surface area contributed by atoms with Crippen LogP contribution in [0.15, 0.2) is 82.7 Å². The molecule has 4 aromatic rings. The fraction of sp³-hybridized carbons (Fsp3) is 0.222. The van der Waals surface area contributed by atoms with Crippen LogP contribution in [-0.2, 0) is 11.2 Å². The maximum atomic E-state index is 13.7. The number of aromatic nitrogens is 1. The van der Waals surface area contributed by atoms with Gasteiger partial charge in [-0.3, -0.25) is 4.79 Å². The van der Waals surface area contributed by atoms with E-state index in [2.05, 4.69) is 16.0 Å². The highest BCUT2D eigenvalue weighted by atomic mass is 32.2. The molecule has 1 amide bonds. The minimum Gasteiger partial charge on any atom is -0.497 e. The molecule has 34 heavy (non-hydrogen) atoms. The molecule has 1 aliphatic rings. The third-order valence-corrected chi connectivity index (χ3v) is 7.21. The van der Waals surface area contributed by atoms with Crippen molar-refractivity contribution in [2.24, 2.45) is 0 Å². The predicted octanol–water partition coefficient (Wildman–Crippen LogP) is 5.36. The second-order valence-corrected chi connectivity index (χ2v) is 9.37. The number of aromatic amines is 1. The van der Waals surface area contributed by atoms with E-state index in [1.165, 1.54) is 23.9 Å². The number of hydrogen-bond acceptors (Lipinski definition) is 4. The number of rotatable bonds is 6. The van der Waals surface area contributed by atoms with E-state index in [4.69, 9.17) is 4.74 Å². The number of nitrogens with zero attached hydrogens (tertiary/aromatic N) is 2. The smallest absolute Gasteiger partial charge is 0.227 e. The molecule has 5 rings (SSSR count). The van der Waals surface area contributed by atoms with Crippen molar-refractivity contribution in [2.45, 2.75) is 16.3 Å². The molecule has 0 radical (unpaired) electrons. The number of para-hydroxylation sites is 1. The standard InChI is InChI=1S/C27H26FN3O2S/c1-33-21-8-5-7-20(17-21)30-12-14-31(15-13-30)26(32)18-24-23-10-2-3-11-25(23)29-27(24)34-22-9-4-6-19(28)16-22/h2-11,16-17,29H,12-15,18H2,1H3. The number of nitrogens with one attached hydrogen (secondary N) is 1. The Morgan fingerprint density at radius 3 is 2.59 bits per heavy atom. The molecule has 3 aromatic carbocycles. The average molecular weight is 476 g/mol. The van der Waals surface area contributed by atoms with Crippen LogP contribution < -0.4 is 9.64 Å². The van der Waals surface area contributed by atoms with E-state index in [0.717, 1.165) is 50.9 Å². The van der Waals surface area contributed by atoms with Gasteiger partial charge in [-0.15, -0.1) is 0 Å². The van der Waals surface area contributed by atoms with E-state index in [9.17, 15) is 9.18 Å². The molecule has 0 aliphatic carbocycles. The van der Waals surface area contributed by atoms with Crippen molar-refractivity contribution < 1.29 is 13.9 Å². The van der Waals surface area contributed by atoms with E-state index in [1.54, 1.807) is 13.2 Å². The summed E-state index contributed by atoms with van der Waals surface area (Å²) in [7, 11) is 1.67. The van der Waals surface area contributed by atoms with Gasteiger partial charge in [0.2, 0.25) is 5.91 Å². The summed E-state index contributed by atoms with van der Waals surface area (Å²) in [4.78, 5) is 21.8. The Balaban J connectivity index is 1.31. The summed E-state index contributed by atoms with van der Waals surface area (Å²) in [5.74, 6) is 0.669. The maximum Gasteiger partial charge on any atom is 0.227 e. The van der Waals surface area contributed by atoms with Crippen molar-refractivity contribution in [3.05, 3.63) is 84.2 Å². The van der Waals surface area contributed by atoms with Crippen LogP contribution in [0.1, 0.15) is 5.56 Å². The topological polar surface area (TPSA) is 48.6 Å². The van der Waals surface area contributed by atoms with E-state index >= 15 is 0 Å². The number of fused-ring (bicyclic) bond motifs is 1. The zero-order chi connectivity index (χ0) is 23.5. The third kappa shape index (κ3) is 4.75. The largest absolute Gasteiger partial charge is 0.497 e. The number of anilines is 1. The molecule has 1 fully saturated rings. The minimum atomic E-state index is -0.271. The van der Waals surface area contributed by atoms with Gasteiger partial charge in [0.05, 0.1) is 18.6 Å². The predicted molar refractivity (Wildman–Crippen MR) is 134 cm³/mol. The maximum absolute atomic E-state index is 13.7. The first-order valence-corrected chi connectivity index (χ1v) is 12.1. The van der Waals surface area contributed by atoms with E-state index < -0.39 is 0 Å². The van der Waals surface area contributed by atoms with Gasteiger partial charge in [0.25, 0.3) is 0 Å². The number of carbonyl (C=O) groups excluding carboxylic acids is 1. The first-order chi connectivity index (χ1) is 16.6. The van der Waals surface area contributed by atoms with Crippen LogP contribution in [0.25, 0.3) is 10.9 Å². The summed E-state index contributed by atoms with van der Waals surface area (Å²) in [5, 5.41) is 1.92. The van der Waals surface area contributed by atoms with Crippen LogP contribution in [0.2, 0.25) is 0 Å². The Morgan fingerprint density at radius 2 is 1.79 bits per heavy atom. The summed E-state index contributed by atoms with van der Waals surface area (Å²) >= 11 is 1.46. The number of amides is 1. The summed E-state index contributed by atoms with van der Waals surface area (Å²) < 4.78 is 19.1. The van der Waals surface area contributed by atoms with Crippen LogP contribution >= 0.6 is 11.8 Å². The number of carbonyl (C=O) groups is 1. The Hall–Kier alpha value is -3.45. The van der Waals surface area contributed by atoms with Gasteiger partial charge in [-0.25, -0.2) is 4.39 Å². The Labute approximate surface area is 202 Å². The highest BCUT2D eigenvalue weighted by Crippen LogP contribution is 2.35. The van der Waals surface area contributed by atoms with Crippen molar-refractivity contribution in [3.63, 3.8) is 0 Å². The highest BCUT2D eigenvalue weighted by Gasteiger charge is 2.24. The molecule has 0 bridgehead atoms. The zero-order valence-corrected chi connectivity index (χ0v) is 19.8. The van der Waals surface area contributed by atoms with Gasteiger partial charge < -0.3 is 19.5 Å². The SMILES string of the molecule is COc1cccc(N2CCN(C(=O)Cc3c(Sc4cccc(F)c4)[nH]c4ccccc34)CC2)c1. The monoisotopic (exact) mass is 475 g/mol. The molecule has 5 nitrogen and oxygen atoms in total. The molecule has 2 heterocycles. The third-order valence-electron chi connectivity index (χ3n) is 6.17. The van der Waals surface area contributed by atoms with Crippen molar-refractivity contribution in [3.8, 4) is 5.75 Å². The number of piperazine rings is 1. The van der Waals surface area contributed by atoms with E-state index in [0.29, 0.717) is 19.5 Å². The Bertz CT molecular complexity index is 1310. The molecule has 1 aromatic heterocycles. The lowest BCUT2D eigenvalue weighted by molar-refractivity contribution is -0.130. The van der Waals surface area contributed by atoms with Crippen molar-refractivity contribution >= 4 is 34.3 Å². The van der Waals surface area contributed by atoms with Crippen molar-refractivity contribution in [1.82, 2.24) is 9.88 Å². The fourth-order valence-electron chi connectivity index (χ4n) is 4.37. The number of ether oxygens (including phenoxy) is 1. The molecular weight excluding hydrogens is 449 g/mol. The molecule has 1 saturated heterocycles. The minimum absolute atomic E-state index is 0.108. The summed E-state index contributed by atoms with van der Waals surface area (Å²) in [6, 6.07) is 22.5. The Kier molecular flexibility index (Phi) is 6.45. The summed E-state index contributed by atoms with van der Waals surface area (Å²) in [6.45, 7) is 2.89. The van der Waals surface area contributed by atoms with Gasteiger partial charge >= 0.3 is 0 Å². The first kappa shape index (κ1) is 22.3. The molecule has 0 atom stereocenters. The molecule has 0 saturated carbocycles. The van der Waals surface area contributed by atoms with E-state index in [1.807, 2.05) is 53.4 Å². The quantitative estimate of drug-likeness (QED) is 0.408. The van der Waals surface area contributed by atoms with Gasteiger partial charge in [0.1, 0.15) is 11.6 Å². The number of hydrogen-bond donors (Lipinski definition) is 1. The fourth-order valence-corrected chi connectivity index (χ4v) is 5.39. The van der Waals surface area contributed by atoms with Gasteiger partial charge in [-0.2, -0.15) is 0 Å². The molecular formula is C27H26FN3O2S. The summed E-state index contributed by atoms with van der Waals surface area (Å²) in [5.41, 5.74) is 3.05. The first-order valence-electron chi connectivity index (χ1n) is 11.3. The molecule has 1 aliphatic heterocycles. The second kappa shape index (κ2) is 9.81. The van der Waals surface area contributed by atoms with E-state index in [-0.39, 0.29) is 11.7 Å².